The zero-order valence-electron chi connectivity index (χ0n) is 15.2. The van der Waals surface area contributed by atoms with Gasteiger partial charge in [0.05, 0.1) is 6.04 Å². The summed E-state index contributed by atoms with van der Waals surface area (Å²) in [6.07, 6.45) is 5.67. The first kappa shape index (κ1) is 16.4. The van der Waals surface area contributed by atoms with Gasteiger partial charge in [0.1, 0.15) is 11.3 Å². The van der Waals surface area contributed by atoms with Crippen molar-refractivity contribution in [3.63, 3.8) is 0 Å². The quantitative estimate of drug-likeness (QED) is 0.841. The van der Waals surface area contributed by atoms with Gasteiger partial charge in [-0.25, -0.2) is 9.97 Å². The number of hydrogen-bond acceptors (Lipinski definition) is 3. The number of piperidine rings is 1. The predicted molar refractivity (Wildman–Crippen MR) is 95.4 cm³/mol. The van der Waals surface area contributed by atoms with Crippen molar-refractivity contribution in [1.82, 2.24) is 19.4 Å². The van der Waals surface area contributed by atoms with Crippen molar-refractivity contribution >= 4 is 11.2 Å². The maximum absolute atomic E-state index is 5.01. The van der Waals surface area contributed by atoms with Crippen LogP contribution in [0.4, 0.5) is 0 Å². The van der Waals surface area contributed by atoms with Crippen LogP contribution in [-0.4, -0.2) is 32.0 Å². The van der Waals surface area contributed by atoms with E-state index in [1.165, 1.54) is 31.6 Å². The Bertz CT molecular complexity index is 666. The number of rotatable bonds is 3. The van der Waals surface area contributed by atoms with Crippen molar-refractivity contribution in [3.8, 4) is 0 Å². The second-order valence-electron chi connectivity index (χ2n) is 8.31. The van der Waals surface area contributed by atoms with E-state index in [2.05, 4.69) is 55.1 Å². The minimum absolute atomic E-state index is 0.206. The van der Waals surface area contributed by atoms with Crippen LogP contribution in [-0.2, 0) is 6.54 Å². The summed E-state index contributed by atoms with van der Waals surface area (Å²) >= 11 is 0. The Labute approximate surface area is 139 Å². The SMILES string of the molecule is CC(C)N1CCCCC1c1nc2cccnc2n1CC(C)(C)C. The van der Waals surface area contributed by atoms with Crippen LogP contribution in [0.1, 0.15) is 65.7 Å². The van der Waals surface area contributed by atoms with E-state index in [1.54, 1.807) is 0 Å². The standard InChI is InChI=1S/C19H30N4/c1-14(2)22-12-7-6-10-16(22)18-21-15-9-8-11-20-17(15)23(18)13-19(3,4)5/h8-9,11,14,16H,6-7,10,12-13H2,1-5H3. The normalized spacial score (nSPS) is 20.5. The van der Waals surface area contributed by atoms with Crippen molar-refractivity contribution in [3.05, 3.63) is 24.2 Å². The van der Waals surface area contributed by atoms with Gasteiger partial charge in [-0.2, -0.15) is 0 Å². The summed E-state index contributed by atoms with van der Waals surface area (Å²) in [4.78, 5) is 12.3. The van der Waals surface area contributed by atoms with Gasteiger partial charge in [0.25, 0.3) is 0 Å². The van der Waals surface area contributed by atoms with E-state index in [0.717, 1.165) is 17.7 Å². The van der Waals surface area contributed by atoms with Crippen molar-refractivity contribution in [2.45, 2.75) is 72.5 Å². The number of fused-ring (bicyclic) bond motifs is 1. The Hall–Kier alpha value is -1.42. The van der Waals surface area contributed by atoms with Crippen LogP contribution in [0.3, 0.4) is 0 Å². The minimum Gasteiger partial charge on any atom is -0.311 e. The largest absolute Gasteiger partial charge is 0.311 e. The van der Waals surface area contributed by atoms with Gasteiger partial charge < -0.3 is 4.57 Å². The highest BCUT2D eigenvalue weighted by atomic mass is 15.2. The molecule has 3 heterocycles. The van der Waals surface area contributed by atoms with Gasteiger partial charge in [-0.1, -0.05) is 27.2 Å². The monoisotopic (exact) mass is 314 g/mol. The van der Waals surface area contributed by atoms with E-state index in [1.807, 2.05) is 12.3 Å². The Balaban J connectivity index is 2.09. The molecular formula is C19H30N4. The molecule has 0 aromatic carbocycles. The summed E-state index contributed by atoms with van der Waals surface area (Å²) in [7, 11) is 0. The average Bonchev–Trinajstić information content (AvgIpc) is 2.84. The van der Waals surface area contributed by atoms with Gasteiger partial charge in [0.15, 0.2) is 5.65 Å². The molecule has 0 radical (unpaired) electrons. The molecule has 0 amide bonds. The summed E-state index contributed by atoms with van der Waals surface area (Å²) in [5.74, 6) is 1.21. The Morgan fingerprint density at radius 2 is 2.04 bits per heavy atom. The zero-order valence-corrected chi connectivity index (χ0v) is 15.2. The summed E-state index contributed by atoms with van der Waals surface area (Å²) in [6, 6.07) is 5.05. The average molecular weight is 314 g/mol. The third-order valence-electron chi connectivity index (χ3n) is 4.67. The number of imidazole rings is 1. The molecule has 0 bridgehead atoms. The number of likely N-dealkylation sites (tertiary alicyclic amines) is 1. The predicted octanol–water partition coefficient (Wildman–Crippen LogP) is 4.41. The van der Waals surface area contributed by atoms with Crippen LogP contribution in [0.15, 0.2) is 18.3 Å². The molecule has 0 N–H and O–H groups in total. The Morgan fingerprint density at radius 3 is 2.74 bits per heavy atom. The highest BCUT2D eigenvalue weighted by Gasteiger charge is 2.31. The molecule has 4 heteroatoms. The molecule has 1 saturated heterocycles. The maximum atomic E-state index is 5.01. The molecule has 1 fully saturated rings. The lowest BCUT2D eigenvalue weighted by molar-refractivity contribution is 0.102. The van der Waals surface area contributed by atoms with Crippen LogP contribution >= 0.6 is 0 Å². The summed E-state index contributed by atoms with van der Waals surface area (Å²) in [5, 5.41) is 0. The molecule has 0 aliphatic carbocycles. The van der Waals surface area contributed by atoms with Crippen LogP contribution in [0.5, 0.6) is 0 Å². The first-order valence-electron chi connectivity index (χ1n) is 8.94. The molecule has 2 aromatic heterocycles. The van der Waals surface area contributed by atoms with Gasteiger partial charge in [0.2, 0.25) is 0 Å². The maximum Gasteiger partial charge on any atom is 0.160 e. The first-order valence-corrected chi connectivity index (χ1v) is 8.94. The molecule has 1 unspecified atom stereocenters. The summed E-state index contributed by atoms with van der Waals surface area (Å²) in [5.41, 5.74) is 2.27. The molecular weight excluding hydrogens is 284 g/mol. The first-order chi connectivity index (χ1) is 10.9. The molecule has 4 nitrogen and oxygen atoms in total. The van der Waals surface area contributed by atoms with Crippen LogP contribution in [0.25, 0.3) is 11.2 Å². The highest BCUT2D eigenvalue weighted by molar-refractivity contribution is 5.71. The molecule has 0 spiro atoms. The highest BCUT2D eigenvalue weighted by Crippen LogP contribution is 2.34. The topological polar surface area (TPSA) is 34.0 Å². The van der Waals surface area contributed by atoms with Gasteiger partial charge >= 0.3 is 0 Å². The van der Waals surface area contributed by atoms with Crippen LogP contribution in [0, 0.1) is 5.41 Å². The van der Waals surface area contributed by atoms with E-state index in [-0.39, 0.29) is 5.41 Å². The molecule has 126 valence electrons. The second-order valence-corrected chi connectivity index (χ2v) is 8.31. The van der Waals surface area contributed by atoms with Crippen molar-refractivity contribution in [1.29, 1.82) is 0 Å². The lowest BCUT2D eigenvalue weighted by Crippen LogP contribution is -2.40. The van der Waals surface area contributed by atoms with E-state index in [4.69, 9.17) is 4.98 Å². The molecule has 2 aromatic rings. The van der Waals surface area contributed by atoms with Crippen molar-refractivity contribution < 1.29 is 0 Å². The summed E-state index contributed by atoms with van der Waals surface area (Å²) < 4.78 is 2.38. The van der Waals surface area contributed by atoms with E-state index in [0.29, 0.717) is 12.1 Å². The Morgan fingerprint density at radius 1 is 1.26 bits per heavy atom. The Kier molecular flexibility index (Phi) is 4.45. The fourth-order valence-electron chi connectivity index (χ4n) is 3.71. The van der Waals surface area contributed by atoms with Gasteiger partial charge in [-0.15, -0.1) is 0 Å². The summed E-state index contributed by atoms with van der Waals surface area (Å²) in [6.45, 7) is 13.6. The van der Waals surface area contributed by atoms with Gasteiger partial charge in [-0.05, 0) is 50.8 Å². The van der Waals surface area contributed by atoms with E-state index in [9.17, 15) is 0 Å². The fourth-order valence-corrected chi connectivity index (χ4v) is 3.71. The third kappa shape index (κ3) is 3.42. The van der Waals surface area contributed by atoms with E-state index < -0.39 is 0 Å². The smallest absolute Gasteiger partial charge is 0.160 e. The second kappa shape index (κ2) is 6.23. The number of pyridine rings is 1. The third-order valence-corrected chi connectivity index (χ3v) is 4.67. The van der Waals surface area contributed by atoms with Crippen molar-refractivity contribution in [2.24, 2.45) is 5.41 Å². The van der Waals surface area contributed by atoms with Crippen LogP contribution < -0.4 is 0 Å². The molecule has 1 aliphatic heterocycles. The molecule has 3 rings (SSSR count). The van der Waals surface area contributed by atoms with Gasteiger partial charge in [0, 0.05) is 18.8 Å². The lowest BCUT2D eigenvalue weighted by atomic mass is 9.95. The fraction of sp³-hybridized carbons (Fsp3) is 0.684. The number of aromatic nitrogens is 3. The number of hydrogen-bond donors (Lipinski definition) is 0. The van der Waals surface area contributed by atoms with Gasteiger partial charge in [-0.3, -0.25) is 4.90 Å². The van der Waals surface area contributed by atoms with Crippen molar-refractivity contribution in [2.75, 3.05) is 6.54 Å². The van der Waals surface area contributed by atoms with E-state index >= 15 is 0 Å². The molecule has 1 atom stereocenters. The molecule has 1 aliphatic rings. The van der Waals surface area contributed by atoms with Crippen LogP contribution in [0.2, 0.25) is 0 Å². The molecule has 23 heavy (non-hydrogen) atoms. The minimum atomic E-state index is 0.206. The molecule has 0 saturated carbocycles. The zero-order chi connectivity index (χ0) is 16.6. The lowest BCUT2D eigenvalue weighted by Gasteiger charge is -2.38. The number of nitrogens with zero attached hydrogens (tertiary/aromatic N) is 4.